The standard InChI is InChI=1S/C16H19ClN2O3S2/c1-13(20)19(9-7-14-4-2-5-15(17)12-14)10-8-18-24(21,22)16-6-3-11-23-16/h2-6,11-12,18H,7-10H2,1H3. The van der Waals surface area contributed by atoms with Crippen LogP contribution in [0.5, 0.6) is 0 Å². The summed E-state index contributed by atoms with van der Waals surface area (Å²) in [5.41, 5.74) is 1.04. The summed E-state index contributed by atoms with van der Waals surface area (Å²) >= 11 is 7.11. The fourth-order valence-electron chi connectivity index (χ4n) is 2.19. The number of carbonyl (C=O) groups is 1. The number of sulfonamides is 1. The van der Waals surface area contributed by atoms with Gasteiger partial charge < -0.3 is 4.90 Å². The molecular formula is C16H19ClN2O3S2. The van der Waals surface area contributed by atoms with Crippen molar-refractivity contribution in [3.63, 3.8) is 0 Å². The molecule has 0 saturated carbocycles. The summed E-state index contributed by atoms with van der Waals surface area (Å²) in [5.74, 6) is -0.0904. The van der Waals surface area contributed by atoms with Crippen LogP contribution in [0.3, 0.4) is 0 Å². The molecule has 2 aromatic rings. The normalized spacial score (nSPS) is 11.4. The molecule has 8 heteroatoms. The highest BCUT2D eigenvalue weighted by Gasteiger charge is 2.16. The minimum absolute atomic E-state index is 0.0904. The van der Waals surface area contributed by atoms with Crippen molar-refractivity contribution in [2.45, 2.75) is 17.6 Å². The van der Waals surface area contributed by atoms with Crippen LogP contribution < -0.4 is 4.72 Å². The Balaban J connectivity index is 1.86. The van der Waals surface area contributed by atoms with E-state index >= 15 is 0 Å². The molecule has 0 aliphatic carbocycles. The minimum Gasteiger partial charge on any atom is -0.341 e. The minimum atomic E-state index is -3.50. The fraction of sp³-hybridized carbons (Fsp3) is 0.312. The van der Waals surface area contributed by atoms with Crippen LogP contribution in [0.15, 0.2) is 46.0 Å². The van der Waals surface area contributed by atoms with Gasteiger partial charge in [-0.1, -0.05) is 29.8 Å². The summed E-state index contributed by atoms with van der Waals surface area (Å²) in [6, 6.07) is 10.7. The van der Waals surface area contributed by atoms with E-state index in [4.69, 9.17) is 11.6 Å². The number of nitrogens with zero attached hydrogens (tertiary/aromatic N) is 1. The van der Waals surface area contributed by atoms with Gasteiger partial charge in [0.05, 0.1) is 0 Å². The molecule has 0 aliphatic heterocycles. The summed E-state index contributed by atoms with van der Waals surface area (Å²) in [6.07, 6.45) is 0.664. The molecule has 1 amide bonds. The van der Waals surface area contributed by atoms with Crippen molar-refractivity contribution < 1.29 is 13.2 Å². The first kappa shape index (κ1) is 18.9. The highest BCUT2D eigenvalue weighted by Crippen LogP contribution is 2.15. The molecule has 0 radical (unpaired) electrons. The molecule has 0 spiro atoms. The molecule has 0 bridgehead atoms. The first-order valence-corrected chi connectivity index (χ1v) is 10.2. The topological polar surface area (TPSA) is 66.5 Å². The molecule has 5 nitrogen and oxygen atoms in total. The quantitative estimate of drug-likeness (QED) is 0.758. The van der Waals surface area contributed by atoms with Gasteiger partial charge in [0.15, 0.2) is 0 Å². The van der Waals surface area contributed by atoms with Gasteiger partial charge in [0, 0.05) is 31.6 Å². The number of carbonyl (C=O) groups excluding carboxylic acids is 1. The Bertz CT molecular complexity index is 776. The molecule has 0 unspecified atom stereocenters. The number of thiophene rings is 1. The third kappa shape index (κ3) is 5.59. The van der Waals surface area contributed by atoms with Crippen molar-refractivity contribution in [2.75, 3.05) is 19.6 Å². The van der Waals surface area contributed by atoms with Gasteiger partial charge in [0.25, 0.3) is 0 Å². The average molecular weight is 387 g/mol. The summed E-state index contributed by atoms with van der Waals surface area (Å²) in [7, 11) is -3.50. The predicted octanol–water partition coefficient (Wildman–Crippen LogP) is 2.77. The number of nitrogens with one attached hydrogen (secondary N) is 1. The van der Waals surface area contributed by atoms with Gasteiger partial charge >= 0.3 is 0 Å². The molecule has 1 aromatic heterocycles. The lowest BCUT2D eigenvalue weighted by Crippen LogP contribution is -2.38. The van der Waals surface area contributed by atoms with E-state index < -0.39 is 10.0 Å². The van der Waals surface area contributed by atoms with E-state index in [-0.39, 0.29) is 16.7 Å². The monoisotopic (exact) mass is 386 g/mol. The number of amides is 1. The van der Waals surface area contributed by atoms with Crippen LogP contribution in [0.1, 0.15) is 12.5 Å². The predicted molar refractivity (Wildman–Crippen MR) is 96.9 cm³/mol. The van der Waals surface area contributed by atoms with E-state index in [9.17, 15) is 13.2 Å². The van der Waals surface area contributed by atoms with Crippen molar-refractivity contribution in [3.05, 3.63) is 52.4 Å². The van der Waals surface area contributed by atoms with Crippen LogP contribution >= 0.6 is 22.9 Å². The SMILES string of the molecule is CC(=O)N(CCNS(=O)(=O)c1cccs1)CCc1cccc(Cl)c1. The van der Waals surface area contributed by atoms with E-state index in [2.05, 4.69) is 4.72 Å². The van der Waals surface area contributed by atoms with Crippen molar-refractivity contribution in [1.82, 2.24) is 9.62 Å². The van der Waals surface area contributed by atoms with Crippen LogP contribution in [-0.4, -0.2) is 38.9 Å². The average Bonchev–Trinajstić information content (AvgIpc) is 3.05. The van der Waals surface area contributed by atoms with Crippen molar-refractivity contribution in [1.29, 1.82) is 0 Å². The van der Waals surface area contributed by atoms with Gasteiger partial charge in [0.1, 0.15) is 4.21 Å². The number of halogens is 1. The second kappa shape index (κ2) is 8.62. The maximum absolute atomic E-state index is 12.0. The van der Waals surface area contributed by atoms with Gasteiger partial charge in [-0.05, 0) is 35.6 Å². The third-order valence-corrected chi connectivity index (χ3v) is 6.53. The Morgan fingerprint density at radius 1 is 1.25 bits per heavy atom. The molecule has 130 valence electrons. The smallest absolute Gasteiger partial charge is 0.250 e. The first-order chi connectivity index (χ1) is 11.4. The third-order valence-electron chi connectivity index (χ3n) is 3.44. The molecule has 1 heterocycles. The number of hydrogen-bond donors (Lipinski definition) is 1. The molecule has 1 N–H and O–H groups in total. The lowest BCUT2D eigenvalue weighted by Gasteiger charge is -2.21. The Labute approximate surface area is 151 Å². The molecular weight excluding hydrogens is 368 g/mol. The number of benzene rings is 1. The lowest BCUT2D eigenvalue weighted by atomic mass is 10.1. The second-order valence-corrected chi connectivity index (χ2v) is 8.59. The molecule has 24 heavy (non-hydrogen) atoms. The summed E-state index contributed by atoms with van der Waals surface area (Å²) in [6.45, 7) is 2.48. The lowest BCUT2D eigenvalue weighted by molar-refractivity contribution is -0.128. The first-order valence-electron chi connectivity index (χ1n) is 7.41. The molecule has 1 aromatic carbocycles. The highest BCUT2D eigenvalue weighted by molar-refractivity contribution is 7.91. The zero-order chi connectivity index (χ0) is 17.6. The van der Waals surface area contributed by atoms with E-state index in [1.165, 1.54) is 6.92 Å². The second-order valence-electron chi connectivity index (χ2n) is 5.22. The molecule has 0 fully saturated rings. The summed E-state index contributed by atoms with van der Waals surface area (Å²) in [4.78, 5) is 13.4. The van der Waals surface area contributed by atoms with Crippen molar-refractivity contribution in [2.24, 2.45) is 0 Å². The van der Waals surface area contributed by atoms with Crippen molar-refractivity contribution in [3.8, 4) is 0 Å². The van der Waals surface area contributed by atoms with Gasteiger partial charge in [-0.15, -0.1) is 11.3 Å². The molecule has 2 rings (SSSR count). The van der Waals surface area contributed by atoms with Gasteiger partial charge in [-0.2, -0.15) is 0 Å². The van der Waals surface area contributed by atoms with Gasteiger partial charge in [0.2, 0.25) is 15.9 Å². The largest absolute Gasteiger partial charge is 0.341 e. The fourth-order valence-corrected chi connectivity index (χ4v) is 4.46. The van der Waals surface area contributed by atoms with E-state index in [1.807, 2.05) is 18.2 Å². The molecule has 0 atom stereocenters. The Morgan fingerprint density at radius 2 is 2.04 bits per heavy atom. The van der Waals surface area contributed by atoms with Crippen LogP contribution in [0, 0.1) is 0 Å². The van der Waals surface area contributed by atoms with Crippen molar-refractivity contribution >= 4 is 38.9 Å². The Kier molecular flexibility index (Phi) is 6.79. The van der Waals surface area contributed by atoms with E-state index in [0.29, 0.717) is 24.5 Å². The van der Waals surface area contributed by atoms with Crippen LogP contribution in [0.4, 0.5) is 0 Å². The Morgan fingerprint density at radius 3 is 2.67 bits per heavy atom. The molecule has 0 saturated heterocycles. The number of rotatable bonds is 8. The Hall–Kier alpha value is -1.41. The molecule has 0 aliphatic rings. The van der Waals surface area contributed by atoms with Crippen LogP contribution in [0.25, 0.3) is 0 Å². The van der Waals surface area contributed by atoms with E-state index in [0.717, 1.165) is 16.9 Å². The highest BCUT2D eigenvalue weighted by atomic mass is 35.5. The maximum Gasteiger partial charge on any atom is 0.250 e. The summed E-state index contributed by atoms with van der Waals surface area (Å²) in [5, 5.41) is 2.37. The van der Waals surface area contributed by atoms with Gasteiger partial charge in [-0.3, -0.25) is 4.79 Å². The zero-order valence-corrected chi connectivity index (χ0v) is 15.6. The van der Waals surface area contributed by atoms with Crippen LogP contribution in [-0.2, 0) is 21.2 Å². The van der Waals surface area contributed by atoms with Crippen LogP contribution in [0.2, 0.25) is 5.02 Å². The summed E-state index contributed by atoms with van der Waals surface area (Å²) < 4.78 is 26.9. The zero-order valence-electron chi connectivity index (χ0n) is 13.2. The number of hydrogen-bond acceptors (Lipinski definition) is 4. The van der Waals surface area contributed by atoms with Gasteiger partial charge in [-0.25, -0.2) is 13.1 Å². The van der Waals surface area contributed by atoms with E-state index in [1.54, 1.807) is 28.5 Å². The maximum atomic E-state index is 12.0.